The fourth-order valence-electron chi connectivity index (χ4n) is 0.647. The number of ether oxygens (including phenoxy) is 2. The molecule has 0 aliphatic rings. The number of hydrogen-bond donors (Lipinski definition) is 0. The van der Waals surface area contributed by atoms with Crippen molar-refractivity contribution in [2.45, 2.75) is 20.8 Å². The van der Waals surface area contributed by atoms with Gasteiger partial charge in [0.25, 0.3) is 0 Å². The first-order valence-electron chi connectivity index (χ1n) is 5.42. The van der Waals surface area contributed by atoms with Crippen molar-refractivity contribution in [3.8, 4) is 0 Å². The Balaban J connectivity index is 0. The molecule has 100 valence electrons. The predicted molar refractivity (Wildman–Crippen MR) is 66.6 cm³/mol. The van der Waals surface area contributed by atoms with Crippen molar-refractivity contribution in [2.75, 3.05) is 33.9 Å². The van der Waals surface area contributed by atoms with Gasteiger partial charge in [-0.1, -0.05) is 6.58 Å². The molecule has 0 atom stereocenters. The quantitative estimate of drug-likeness (QED) is 0.539. The van der Waals surface area contributed by atoms with Gasteiger partial charge < -0.3 is 14.4 Å². The zero-order valence-corrected chi connectivity index (χ0v) is 11.4. The Bertz CT molecular complexity index is 249. The minimum Gasteiger partial charge on any atom is -0.466 e. The topological polar surface area (TPSA) is 55.8 Å². The highest BCUT2D eigenvalue weighted by molar-refractivity contribution is 5.86. The van der Waals surface area contributed by atoms with E-state index in [2.05, 4.69) is 11.3 Å². The predicted octanol–water partition coefficient (Wildman–Crippen LogP) is 1.24. The Labute approximate surface area is 103 Å². The maximum absolute atomic E-state index is 10.8. The number of nitrogens with zero attached hydrogens (tertiary/aromatic N) is 1. The minimum atomic E-state index is -0.313. The third kappa shape index (κ3) is 17.3. The van der Waals surface area contributed by atoms with Crippen LogP contribution in [0.3, 0.4) is 0 Å². The zero-order chi connectivity index (χ0) is 13.8. The molecule has 5 nitrogen and oxygen atoms in total. The summed E-state index contributed by atoms with van der Waals surface area (Å²) in [6.45, 7) is 9.93. The lowest BCUT2D eigenvalue weighted by Crippen LogP contribution is -2.20. The van der Waals surface area contributed by atoms with Crippen molar-refractivity contribution in [3.63, 3.8) is 0 Å². The van der Waals surface area contributed by atoms with Gasteiger partial charge in [0, 0.05) is 19.0 Å². The van der Waals surface area contributed by atoms with E-state index in [1.165, 1.54) is 6.92 Å². The number of carbonyl (C=O) groups excluding carboxylic acids is 2. The van der Waals surface area contributed by atoms with Gasteiger partial charge in [0.05, 0.1) is 6.61 Å². The van der Waals surface area contributed by atoms with Crippen molar-refractivity contribution in [1.82, 2.24) is 4.90 Å². The van der Waals surface area contributed by atoms with Crippen LogP contribution in [-0.2, 0) is 19.1 Å². The number of esters is 2. The first-order valence-corrected chi connectivity index (χ1v) is 5.42. The molecular weight excluding hydrogens is 222 g/mol. The van der Waals surface area contributed by atoms with Gasteiger partial charge >= 0.3 is 11.9 Å². The molecule has 0 amide bonds. The standard InChI is InChI=1S/C8H15NO2.C4H8O2/c1-7(2)8(10)11-6-5-9(3)4;1-3-6-4(2)5/h1,5-6H2,2-4H3;3H2,1-2H3. The van der Waals surface area contributed by atoms with Crippen LogP contribution in [0, 0.1) is 0 Å². The third-order valence-electron chi connectivity index (χ3n) is 1.47. The fourth-order valence-corrected chi connectivity index (χ4v) is 0.647. The average molecular weight is 245 g/mol. The molecule has 5 heteroatoms. The van der Waals surface area contributed by atoms with Gasteiger partial charge in [-0.25, -0.2) is 4.79 Å². The van der Waals surface area contributed by atoms with Gasteiger partial charge in [-0.15, -0.1) is 0 Å². The summed E-state index contributed by atoms with van der Waals surface area (Å²) in [6, 6.07) is 0. The smallest absolute Gasteiger partial charge is 0.333 e. The Hall–Kier alpha value is -1.36. The molecular formula is C12H23NO4. The van der Waals surface area contributed by atoms with Crippen LogP contribution in [0.4, 0.5) is 0 Å². The molecule has 0 aliphatic carbocycles. The van der Waals surface area contributed by atoms with Gasteiger partial charge in [-0.05, 0) is 27.9 Å². The normalized spacial score (nSPS) is 9.06. The third-order valence-corrected chi connectivity index (χ3v) is 1.47. The highest BCUT2D eigenvalue weighted by Gasteiger charge is 2.01. The summed E-state index contributed by atoms with van der Waals surface area (Å²) < 4.78 is 9.24. The lowest BCUT2D eigenvalue weighted by molar-refractivity contribution is -0.140. The Morgan fingerprint density at radius 3 is 1.94 bits per heavy atom. The second-order valence-corrected chi connectivity index (χ2v) is 3.64. The van der Waals surface area contributed by atoms with Gasteiger partial charge in [-0.3, -0.25) is 4.79 Å². The highest BCUT2D eigenvalue weighted by atomic mass is 16.5. The second kappa shape index (κ2) is 11.1. The molecule has 0 saturated heterocycles. The molecule has 0 N–H and O–H groups in total. The molecule has 0 spiro atoms. The van der Waals surface area contributed by atoms with Crippen LogP contribution in [0.1, 0.15) is 20.8 Å². The van der Waals surface area contributed by atoms with Crippen LogP contribution < -0.4 is 0 Å². The van der Waals surface area contributed by atoms with E-state index in [0.717, 1.165) is 6.54 Å². The SMILES string of the molecule is C=C(C)C(=O)OCCN(C)C.CCOC(C)=O. The largest absolute Gasteiger partial charge is 0.466 e. The van der Waals surface area contributed by atoms with Crippen LogP contribution in [0.2, 0.25) is 0 Å². The molecule has 0 aromatic heterocycles. The summed E-state index contributed by atoms with van der Waals surface area (Å²) in [6.07, 6.45) is 0. The summed E-state index contributed by atoms with van der Waals surface area (Å²) in [5, 5.41) is 0. The Morgan fingerprint density at radius 1 is 1.18 bits per heavy atom. The van der Waals surface area contributed by atoms with Crippen molar-refractivity contribution in [1.29, 1.82) is 0 Å². The number of likely N-dealkylation sites (N-methyl/N-ethyl adjacent to an activating group) is 1. The van der Waals surface area contributed by atoms with E-state index in [1.54, 1.807) is 13.8 Å². The minimum absolute atomic E-state index is 0.211. The van der Waals surface area contributed by atoms with E-state index in [1.807, 2.05) is 19.0 Å². The first-order chi connectivity index (χ1) is 7.81. The molecule has 0 aromatic rings. The maximum Gasteiger partial charge on any atom is 0.333 e. The molecule has 0 saturated carbocycles. The van der Waals surface area contributed by atoms with E-state index >= 15 is 0 Å². The first kappa shape index (κ1) is 18.0. The van der Waals surface area contributed by atoms with Crippen molar-refractivity contribution in [2.24, 2.45) is 0 Å². The maximum atomic E-state index is 10.8. The van der Waals surface area contributed by atoms with Gasteiger partial charge in [0.15, 0.2) is 0 Å². The zero-order valence-electron chi connectivity index (χ0n) is 11.4. The molecule has 0 unspecified atom stereocenters. The van der Waals surface area contributed by atoms with E-state index in [4.69, 9.17) is 4.74 Å². The number of hydrogen-bond acceptors (Lipinski definition) is 5. The Kier molecular flexibility index (Phi) is 11.8. The summed E-state index contributed by atoms with van der Waals surface area (Å²) in [5.41, 5.74) is 0.448. The summed E-state index contributed by atoms with van der Waals surface area (Å²) >= 11 is 0. The monoisotopic (exact) mass is 245 g/mol. The number of rotatable bonds is 5. The van der Waals surface area contributed by atoms with Crippen LogP contribution in [-0.4, -0.2) is 50.7 Å². The molecule has 0 fully saturated rings. The molecule has 0 aromatic carbocycles. The lowest BCUT2D eigenvalue weighted by Gasteiger charge is -2.09. The second-order valence-electron chi connectivity index (χ2n) is 3.64. The Morgan fingerprint density at radius 2 is 1.71 bits per heavy atom. The molecule has 0 rings (SSSR count). The van der Waals surface area contributed by atoms with Crippen molar-refractivity contribution in [3.05, 3.63) is 12.2 Å². The average Bonchev–Trinajstić information content (AvgIpc) is 2.17. The van der Waals surface area contributed by atoms with E-state index < -0.39 is 0 Å². The molecule has 0 aliphatic heterocycles. The van der Waals surface area contributed by atoms with Crippen LogP contribution in [0.25, 0.3) is 0 Å². The van der Waals surface area contributed by atoms with E-state index in [9.17, 15) is 9.59 Å². The fraction of sp³-hybridized carbons (Fsp3) is 0.667. The van der Waals surface area contributed by atoms with Crippen molar-refractivity contribution < 1.29 is 19.1 Å². The van der Waals surface area contributed by atoms with Gasteiger partial charge in [-0.2, -0.15) is 0 Å². The lowest BCUT2D eigenvalue weighted by atomic mass is 10.4. The van der Waals surface area contributed by atoms with Crippen LogP contribution >= 0.6 is 0 Å². The summed E-state index contributed by atoms with van der Waals surface area (Å²) in [4.78, 5) is 22.6. The number of carbonyl (C=O) groups is 2. The van der Waals surface area contributed by atoms with Crippen LogP contribution in [0.15, 0.2) is 12.2 Å². The molecule has 0 radical (unpaired) electrons. The summed E-state index contributed by atoms with van der Waals surface area (Å²) in [5.74, 6) is -0.524. The van der Waals surface area contributed by atoms with Crippen LogP contribution in [0.5, 0.6) is 0 Å². The van der Waals surface area contributed by atoms with E-state index in [-0.39, 0.29) is 11.9 Å². The van der Waals surface area contributed by atoms with Crippen molar-refractivity contribution >= 4 is 11.9 Å². The molecule has 17 heavy (non-hydrogen) atoms. The highest BCUT2D eigenvalue weighted by Crippen LogP contribution is 1.91. The molecule has 0 bridgehead atoms. The summed E-state index contributed by atoms with van der Waals surface area (Å²) in [7, 11) is 3.85. The van der Waals surface area contributed by atoms with E-state index in [0.29, 0.717) is 18.8 Å². The molecule has 0 heterocycles. The van der Waals surface area contributed by atoms with Gasteiger partial charge in [0.2, 0.25) is 0 Å². The van der Waals surface area contributed by atoms with Gasteiger partial charge in [0.1, 0.15) is 6.61 Å².